The van der Waals surface area contributed by atoms with Gasteiger partial charge in [0.25, 0.3) is 5.56 Å². The molecule has 0 atom stereocenters. The second-order valence-corrected chi connectivity index (χ2v) is 8.84. The van der Waals surface area contributed by atoms with Gasteiger partial charge in [0.1, 0.15) is 5.69 Å². The summed E-state index contributed by atoms with van der Waals surface area (Å²) in [6, 6.07) is 17.1. The SMILES string of the molecule is Cn1c(=O)c(-c2ccc(Cl)cc2)c(-c2ccc(C#N)cc2)c2nn(Cc3ccc(C(F)(F)F)nc3)c(=O)n21. The van der Waals surface area contributed by atoms with Gasteiger partial charge in [-0.25, -0.2) is 14.2 Å². The molecule has 0 unspecified atom stereocenters. The van der Waals surface area contributed by atoms with Crippen LogP contribution < -0.4 is 11.2 Å². The lowest BCUT2D eigenvalue weighted by Crippen LogP contribution is -2.33. The molecule has 0 fully saturated rings. The van der Waals surface area contributed by atoms with Crippen LogP contribution in [0.25, 0.3) is 27.9 Å². The molecule has 3 aromatic heterocycles. The van der Waals surface area contributed by atoms with Gasteiger partial charge in [0.15, 0.2) is 5.65 Å². The maximum absolute atomic E-state index is 13.6. The highest BCUT2D eigenvalue weighted by atomic mass is 35.5. The van der Waals surface area contributed by atoms with Gasteiger partial charge in [0.2, 0.25) is 0 Å². The van der Waals surface area contributed by atoms with Gasteiger partial charge in [-0.2, -0.15) is 22.9 Å². The standard InChI is InChI=1S/C26H16ClF3N6O2/c1-34-24(37)22(18-7-9-19(27)10-8-18)21(17-5-2-15(12-31)3-6-17)23-33-35(25(38)36(23)34)14-16-4-11-20(32-13-16)26(28,29)30/h2-11,13H,14H2,1H3. The summed E-state index contributed by atoms with van der Waals surface area (Å²) in [7, 11) is 1.42. The number of fused-ring (bicyclic) bond motifs is 1. The van der Waals surface area contributed by atoms with Gasteiger partial charge in [0, 0.05) is 23.8 Å². The molecule has 0 saturated heterocycles. The third-order valence-electron chi connectivity index (χ3n) is 5.98. The average molecular weight is 537 g/mol. The minimum atomic E-state index is -4.59. The molecule has 12 heteroatoms. The molecule has 2 aromatic carbocycles. The minimum Gasteiger partial charge on any atom is -0.267 e. The Bertz CT molecular complexity index is 1830. The van der Waals surface area contributed by atoms with Crippen LogP contribution >= 0.6 is 11.6 Å². The van der Waals surface area contributed by atoms with Crippen molar-refractivity contribution in [2.24, 2.45) is 7.05 Å². The summed E-state index contributed by atoms with van der Waals surface area (Å²) in [5.41, 5.74) is 0.319. The van der Waals surface area contributed by atoms with Crippen molar-refractivity contribution in [3.8, 4) is 28.3 Å². The van der Waals surface area contributed by atoms with Crippen LogP contribution in [0.1, 0.15) is 16.8 Å². The Morgan fingerprint density at radius 1 is 0.947 bits per heavy atom. The fraction of sp³-hybridized carbons (Fsp3) is 0.115. The van der Waals surface area contributed by atoms with E-state index in [1.807, 2.05) is 6.07 Å². The number of aryl methyl sites for hydroxylation is 1. The van der Waals surface area contributed by atoms with E-state index in [1.165, 1.54) is 13.1 Å². The number of rotatable bonds is 4. The van der Waals surface area contributed by atoms with Crippen molar-refractivity contribution in [3.63, 3.8) is 0 Å². The molecule has 0 bridgehead atoms. The van der Waals surface area contributed by atoms with Crippen molar-refractivity contribution in [1.82, 2.24) is 24.0 Å². The van der Waals surface area contributed by atoms with Gasteiger partial charge in [-0.15, -0.1) is 5.10 Å². The molecule has 5 aromatic rings. The Morgan fingerprint density at radius 3 is 2.16 bits per heavy atom. The molecule has 8 nitrogen and oxygen atoms in total. The second-order valence-electron chi connectivity index (χ2n) is 8.40. The van der Waals surface area contributed by atoms with E-state index in [4.69, 9.17) is 11.6 Å². The third-order valence-corrected chi connectivity index (χ3v) is 6.23. The van der Waals surface area contributed by atoms with Crippen LogP contribution in [0, 0.1) is 11.3 Å². The van der Waals surface area contributed by atoms with E-state index in [0.29, 0.717) is 32.8 Å². The third kappa shape index (κ3) is 4.35. The van der Waals surface area contributed by atoms with E-state index in [-0.39, 0.29) is 17.8 Å². The molecule has 38 heavy (non-hydrogen) atoms. The Hall–Kier alpha value is -4.69. The molecule has 0 aliphatic rings. The van der Waals surface area contributed by atoms with Gasteiger partial charge in [0.05, 0.1) is 23.7 Å². The molecular weight excluding hydrogens is 521 g/mol. The number of hydrogen-bond acceptors (Lipinski definition) is 5. The zero-order valence-electron chi connectivity index (χ0n) is 19.6. The van der Waals surface area contributed by atoms with Crippen LogP contribution in [0.15, 0.2) is 76.4 Å². The zero-order valence-corrected chi connectivity index (χ0v) is 20.3. The van der Waals surface area contributed by atoms with Crippen molar-refractivity contribution < 1.29 is 13.2 Å². The molecule has 190 valence electrons. The summed E-state index contributed by atoms with van der Waals surface area (Å²) in [5.74, 6) is 0. The molecule has 0 aliphatic heterocycles. The van der Waals surface area contributed by atoms with Gasteiger partial charge in [-0.1, -0.05) is 41.9 Å². The van der Waals surface area contributed by atoms with Gasteiger partial charge < -0.3 is 0 Å². The Morgan fingerprint density at radius 2 is 1.58 bits per heavy atom. The second kappa shape index (κ2) is 9.32. The first-order valence-corrected chi connectivity index (χ1v) is 11.5. The van der Waals surface area contributed by atoms with Crippen LogP contribution in [0.4, 0.5) is 13.2 Å². The fourth-order valence-corrected chi connectivity index (χ4v) is 4.25. The van der Waals surface area contributed by atoms with Crippen molar-refractivity contribution in [2.75, 3.05) is 0 Å². The first kappa shape index (κ1) is 25.0. The van der Waals surface area contributed by atoms with Crippen molar-refractivity contribution in [3.05, 3.63) is 110 Å². The number of nitriles is 1. The normalized spacial score (nSPS) is 11.6. The van der Waals surface area contributed by atoms with Crippen LogP contribution in [-0.2, 0) is 19.8 Å². The summed E-state index contributed by atoms with van der Waals surface area (Å²) in [4.78, 5) is 30.4. The van der Waals surface area contributed by atoms with E-state index in [0.717, 1.165) is 26.1 Å². The van der Waals surface area contributed by atoms with Gasteiger partial charge >= 0.3 is 11.9 Å². The Kier molecular flexibility index (Phi) is 6.12. The van der Waals surface area contributed by atoms with Gasteiger partial charge in [-0.05, 0) is 47.0 Å². The lowest BCUT2D eigenvalue weighted by atomic mass is 9.96. The van der Waals surface area contributed by atoms with E-state index in [9.17, 15) is 28.0 Å². The summed E-state index contributed by atoms with van der Waals surface area (Å²) in [6.45, 7) is -0.178. The molecular formula is C26H16ClF3N6O2. The molecule has 0 aliphatic carbocycles. The van der Waals surface area contributed by atoms with E-state index in [1.54, 1.807) is 48.5 Å². The van der Waals surface area contributed by atoms with Crippen molar-refractivity contribution >= 4 is 17.2 Å². The number of halogens is 4. The Balaban J connectivity index is 1.76. The maximum atomic E-state index is 13.6. The smallest absolute Gasteiger partial charge is 0.267 e. The molecule has 0 amide bonds. The lowest BCUT2D eigenvalue weighted by Gasteiger charge is -2.13. The van der Waals surface area contributed by atoms with Crippen LogP contribution in [-0.4, -0.2) is 24.0 Å². The monoisotopic (exact) mass is 536 g/mol. The van der Waals surface area contributed by atoms with Crippen molar-refractivity contribution in [1.29, 1.82) is 5.26 Å². The van der Waals surface area contributed by atoms with Gasteiger partial charge in [-0.3, -0.25) is 9.78 Å². The summed E-state index contributed by atoms with van der Waals surface area (Å²) in [5, 5.41) is 14.1. The van der Waals surface area contributed by atoms with Crippen LogP contribution in [0.2, 0.25) is 5.02 Å². The molecule has 0 saturated carbocycles. The zero-order chi connectivity index (χ0) is 27.2. The number of alkyl halides is 3. The molecule has 0 radical (unpaired) electrons. The van der Waals surface area contributed by atoms with Crippen molar-refractivity contribution in [2.45, 2.75) is 12.7 Å². The molecule has 3 heterocycles. The minimum absolute atomic E-state index is 0.145. The fourth-order valence-electron chi connectivity index (χ4n) is 4.13. The molecule has 0 spiro atoms. The average Bonchev–Trinajstić information content (AvgIpc) is 3.22. The number of aromatic nitrogens is 5. The summed E-state index contributed by atoms with van der Waals surface area (Å²) in [6.07, 6.45) is -3.57. The first-order valence-electron chi connectivity index (χ1n) is 11.1. The maximum Gasteiger partial charge on any atom is 0.433 e. The predicted molar refractivity (Wildman–Crippen MR) is 134 cm³/mol. The van der Waals surface area contributed by atoms with E-state index >= 15 is 0 Å². The highest BCUT2D eigenvalue weighted by molar-refractivity contribution is 6.30. The summed E-state index contributed by atoms with van der Waals surface area (Å²) >= 11 is 6.05. The highest BCUT2D eigenvalue weighted by Crippen LogP contribution is 2.33. The van der Waals surface area contributed by atoms with E-state index in [2.05, 4.69) is 10.1 Å². The Labute approximate surface area is 217 Å². The quantitative estimate of drug-likeness (QED) is 0.336. The highest BCUT2D eigenvalue weighted by Gasteiger charge is 2.32. The van der Waals surface area contributed by atoms with Crippen LogP contribution in [0.3, 0.4) is 0 Å². The number of nitrogens with zero attached hydrogens (tertiary/aromatic N) is 6. The number of benzene rings is 2. The summed E-state index contributed by atoms with van der Waals surface area (Å²) < 4.78 is 42.0. The molecule has 0 N–H and O–H groups in total. The van der Waals surface area contributed by atoms with Crippen LogP contribution in [0.5, 0.6) is 0 Å². The lowest BCUT2D eigenvalue weighted by molar-refractivity contribution is -0.141. The number of hydrogen-bond donors (Lipinski definition) is 0. The first-order chi connectivity index (χ1) is 18.1. The topological polar surface area (TPSA) is 98.0 Å². The molecule has 5 rings (SSSR count). The predicted octanol–water partition coefficient (Wildman–Crippen LogP) is 4.52. The largest absolute Gasteiger partial charge is 0.433 e. The number of pyridine rings is 1. The van der Waals surface area contributed by atoms with E-state index < -0.39 is 23.1 Å².